The van der Waals surface area contributed by atoms with Gasteiger partial charge in [0.05, 0.1) is 5.92 Å². The highest BCUT2D eigenvalue weighted by Crippen LogP contribution is 2.36. The Morgan fingerprint density at radius 2 is 1.86 bits per heavy atom. The van der Waals surface area contributed by atoms with Gasteiger partial charge in [0.2, 0.25) is 0 Å². The Kier molecular flexibility index (Phi) is 6.30. The monoisotopic (exact) mass is 297 g/mol. The molecule has 0 saturated carbocycles. The highest BCUT2D eigenvalue weighted by molar-refractivity contribution is 5.70. The molecule has 0 amide bonds. The zero-order valence-electron chi connectivity index (χ0n) is 12.1. The van der Waals surface area contributed by atoms with E-state index in [0.717, 1.165) is 6.42 Å². The summed E-state index contributed by atoms with van der Waals surface area (Å²) in [6.07, 6.45) is 2.33. The summed E-state index contributed by atoms with van der Waals surface area (Å²) in [5.41, 5.74) is 5.74. The molecule has 118 valence electrons. The van der Waals surface area contributed by atoms with Crippen molar-refractivity contribution in [1.82, 2.24) is 0 Å². The van der Waals surface area contributed by atoms with E-state index in [1.54, 1.807) is 0 Å². The van der Waals surface area contributed by atoms with Crippen molar-refractivity contribution in [2.45, 2.75) is 32.6 Å². The van der Waals surface area contributed by atoms with Gasteiger partial charge in [-0.25, -0.2) is 0 Å². The first-order valence-electron chi connectivity index (χ1n) is 7.02. The van der Waals surface area contributed by atoms with Crippen LogP contribution in [0.25, 0.3) is 0 Å². The molecule has 0 fully saturated rings. The Morgan fingerprint density at radius 3 is 2.43 bits per heavy atom. The van der Waals surface area contributed by atoms with Crippen molar-refractivity contribution < 1.29 is 25.2 Å². The summed E-state index contributed by atoms with van der Waals surface area (Å²) >= 11 is 0. The van der Waals surface area contributed by atoms with Crippen molar-refractivity contribution in [3.63, 3.8) is 0 Å². The van der Waals surface area contributed by atoms with Crippen LogP contribution in [0.4, 0.5) is 0 Å². The van der Waals surface area contributed by atoms with Gasteiger partial charge in [0.15, 0.2) is 11.5 Å². The molecule has 0 radical (unpaired) electrons. The molecule has 2 unspecified atom stereocenters. The predicted molar refractivity (Wildman–Crippen MR) is 78.3 cm³/mol. The molecule has 0 spiro atoms. The average molecular weight is 297 g/mol. The van der Waals surface area contributed by atoms with Gasteiger partial charge in [-0.1, -0.05) is 13.3 Å². The minimum atomic E-state index is -0.882. The van der Waals surface area contributed by atoms with Gasteiger partial charge < -0.3 is 26.2 Å². The summed E-state index contributed by atoms with van der Waals surface area (Å²) in [6, 6.07) is 2.57. The second-order valence-electron chi connectivity index (χ2n) is 5.43. The van der Waals surface area contributed by atoms with E-state index in [1.807, 2.05) is 6.92 Å². The maximum absolute atomic E-state index is 10.9. The van der Waals surface area contributed by atoms with Crippen molar-refractivity contribution in [1.29, 1.82) is 0 Å². The third-order valence-electron chi connectivity index (χ3n) is 3.68. The minimum absolute atomic E-state index is 0.0525. The van der Waals surface area contributed by atoms with Crippen LogP contribution in [0.5, 0.6) is 17.2 Å². The maximum atomic E-state index is 10.9. The molecular formula is C15H23NO5. The first-order valence-corrected chi connectivity index (χ1v) is 7.02. The highest BCUT2D eigenvalue weighted by Gasteiger charge is 2.19. The third kappa shape index (κ3) is 4.82. The SMILES string of the molecule is CC(CCCc1c(O)ccc(O)c1O)CC(CN)C(=O)O. The first-order chi connectivity index (χ1) is 9.86. The Labute approximate surface area is 123 Å². The predicted octanol–water partition coefficient (Wildman–Crippen LogP) is 1.81. The molecule has 6 N–H and O–H groups in total. The lowest BCUT2D eigenvalue weighted by atomic mass is 9.91. The Hall–Kier alpha value is -1.95. The number of aliphatic carboxylic acids is 1. The lowest BCUT2D eigenvalue weighted by Crippen LogP contribution is -2.25. The number of benzene rings is 1. The molecule has 21 heavy (non-hydrogen) atoms. The van der Waals surface area contributed by atoms with Crippen LogP contribution in [0.2, 0.25) is 0 Å². The van der Waals surface area contributed by atoms with Crippen LogP contribution in [0.1, 0.15) is 31.7 Å². The molecule has 0 aliphatic carbocycles. The number of phenols is 3. The summed E-state index contributed by atoms with van der Waals surface area (Å²) in [4.78, 5) is 10.9. The van der Waals surface area contributed by atoms with Crippen molar-refractivity contribution in [3.05, 3.63) is 17.7 Å². The maximum Gasteiger partial charge on any atom is 0.307 e. The topological polar surface area (TPSA) is 124 Å². The van der Waals surface area contributed by atoms with Crippen LogP contribution < -0.4 is 5.73 Å². The zero-order chi connectivity index (χ0) is 16.0. The van der Waals surface area contributed by atoms with Crippen LogP contribution in [0.3, 0.4) is 0 Å². The van der Waals surface area contributed by atoms with Gasteiger partial charge in [0.1, 0.15) is 5.75 Å². The van der Waals surface area contributed by atoms with Crippen LogP contribution >= 0.6 is 0 Å². The molecule has 1 rings (SSSR count). The number of aromatic hydroxyl groups is 3. The smallest absolute Gasteiger partial charge is 0.307 e. The summed E-state index contributed by atoms with van der Waals surface area (Å²) in [7, 11) is 0. The van der Waals surface area contributed by atoms with Gasteiger partial charge >= 0.3 is 5.97 Å². The van der Waals surface area contributed by atoms with Crippen molar-refractivity contribution in [3.8, 4) is 17.2 Å². The Balaban J connectivity index is 2.50. The molecule has 6 nitrogen and oxygen atoms in total. The lowest BCUT2D eigenvalue weighted by Gasteiger charge is -2.16. The number of nitrogens with two attached hydrogens (primary N) is 1. The summed E-state index contributed by atoms with van der Waals surface area (Å²) in [5.74, 6) is -1.85. The van der Waals surface area contributed by atoms with E-state index in [0.29, 0.717) is 24.8 Å². The van der Waals surface area contributed by atoms with E-state index in [2.05, 4.69) is 0 Å². The molecule has 1 aromatic rings. The number of carboxylic acids is 1. The molecule has 0 saturated heterocycles. The lowest BCUT2D eigenvalue weighted by molar-refractivity contribution is -0.141. The van der Waals surface area contributed by atoms with E-state index in [9.17, 15) is 20.1 Å². The van der Waals surface area contributed by atoms with Gasteiger partial charge in [0.25, 0.3) is 0 Å². The largest absolute Gasteiger partial charge is 0.508 e. The third-order valence-corrected chi connectivity index (χ3v) is 3.68. The van der Waals surface area contributed by atoms with Gasteiger partial charge in [-0.2, -0.15) is 0 Å². The van der Waals surface area contributed by atoms with Crippen molar-refractivity contribution in [2.24, 2.45) is 17.6 Å². The summed E-state index contributed by atoms with van der Waals surface area (Å²) < 4.78 is 0. The van der Waals surface area contributed by atoms with E-state index in [-0.39, 0.29) is 29.7 Å². The second kappa shape index (κ2) is 7.73. The van der Waals surface area contributed by atoms with E-state index in [1.165, 1.54) is 12.1 Å². The molecular weight excluding hydrogens is 274 g/mol. The van der Waals surface area contributed by atoms with Gasteiger partial charge in [0, 0.05) is 12.1 Å². The number of hydrogen-bond acceptors (Lipinski definition) is 5. The Morgan fingerprint density at radius 1 is 1.24 bits per heavy atom. The molecule has 0 aromatic heterocycles. The fourth-order valence-electron chi connectivity index (χ4n) is 2.39. The van der Waals surface area contributed by atoms with Gasteiger partial charge in [-0.3, -0.25) is 4.79 Å². The second-order valence-corrected chi connectivity index (χ2v) is 5.43. The fraction of sp³-hybridized carbons (Fsp3) is 0.533. The number of hydrogen-bond donors (Lipinski definition) is 5. The van der Waals surface area contributed by atoms with E-state index >= 15 is 0 Å². The van der Waals surface area contributed by atoms with Gasteiger partial charge in [-0.15, -0.1) is 0 Å². The summed E-state index contributed by atoms with van der Waals surface area (Å²) in [6.45, 7) is 2.07. The molecule has 0 aliphatic rings. The van der Waals surface area contributed by atoms with Crippen LogP contribution in [-0.2, 0) is 11.2 Å². The molecule has 0 aliphatic heterocycles. The standard InChI is InChI=1S/C15H23NO5/c1-9(7-10(8-16)15(20)21)3-2-4-11-12(17)5-6-13(18)14(11)19/h5-6,9-10,17-19H,2-4,7-8,16H2,1H3,(H,20,21). The fourth-order valence-corrected chi connectivity index (χ4v) is 2.39. The van der Waals surface area contributed by atoms with Gasteiger partial charge in [-0.05, 0) is 37.3 Å². The number of phenolic OH excluding ortho intramolecular Hbond substituents is 3. The molecule has 1 aromatic carbocycles. The highest BCUT2D eigenvalue weighted by atomic mass is 16.4. The van der Waals surface area contributed by atoms with Crippen LogP contribution in [0, 0.1) is 11.8 Å². The number of carboxylic acid groups (broad SMARTS) is 1. The molecule has 2 atom stereocenters. The zero-order valence-corrected chi connectivity index (χ0v) is 12.1. The van der Waals surface area contributed by atoms with Crippen molar-refractivity contribution >= 4 is 5.97 Å². The number of carbonyl (C=O) groups is 1. The average Bonchev–Trinajstić information content (AvgIpc) is 2.43. The normalized spacial score (nSPS) is 13.8. The van der Waals surface area contributed by atoms with Crippen LogP contribution in [0.15, 0.2) is 12.1 Å². The van der Waals surface area contributed by atoms with E-state index in [4.69, 9.17) is 10.8 Å². The van der Waals surface area contributed by atoms with Crippen molar-refractivity contribution in [2.75, 3.05) is 6.54 Å². The molecule has 0 heterocycles. The summed E-state index contributed by atoms with van der Waals surface area (Å²) in [5, 5.41) is 37.7. The molecule has 0 bridgehead atoms. The molecule has 6 heteroatoms. The Bertz CT molecular complexity index is 489. The quantitative estimate of drug-likeness (QED) is 0.368. The van der Waals surface area contributed by atoms with E-state index < -0.39 is 11.9 Å². The minimum Gasteiger partial charge on any atom is -0.508 e. The van der Waals surface area contributed by atoms with Crippen LogP contribution in [-0.4, -0.2) is 32.9 Å². The number of rotatable bonds is 8. The first kappa shape index (κ1) is 17.1.